The summed E-state index contributed by atoms with van der Waals surface area (Å²) < 4.78 is 15.1. The average molecular weight is 242 g/mol. The first-order valence-electron chi connectivity index (χ1n) is 6.03. The SMILES string of the molecule is CC(C)(C)c1ccc2nc3ccc(F)cn3c2c1. The molecule has 0 aliphatic carbocycles. The number of hydrogen-bond donors (Lipinski definition) is 0. The van der Waals surface area contributed by atoms with Crippen LogP contribution in [0.1, 0.15) is 26.3 Å². The van der Waals surface area contributed by atoms with E-state index in [0.29, 0.717) is 0 Å². The van der Waals surface area contributed by atoms with E-state index in [0.717, 1.165) is 16.7 Å². The monoisotopic (exact) mass is 242 g/mol. The van der Waals surface area contributed by atoms with Crippen LogP contribution in [-0.2, 0) is 5.41 Å². The fourth-order valence-corrected chi connectivity index (χ4v) is 2.15. The molecule has 3 aromatic rings. The van der Waals surface area contributed by atoms with Gasteiger partial charge in [-0.05, 0) is 35.2 Å². The van der Waals surface area contributed by atoms with Crippen molar-refractivity contribution in [1.82, 2.24) is 9.38 Å². The minimum absolute atomic E-state index is 0.0751. The number of fused-ring (bicyclic) bond motifs is 3. The summed E-state index contributed by atoms with van der Waals surface area (Å²) in [5.74, 6) is -0.247. The second-order valence-electron chi connectivity index (χ2n) is 5.64. The molecule has 0 aliphatic rings. The maximum atomic E-state index is 13.3. The molecule has 0 fully saturated rings. The van der Waals surface area contributed by atoms with Gasteiger partial charge in [-0.15, -0.1) is 0 Å². The van der Waals surface area contributed by atoms with E-state index in [1.54, 1.807) is 10.5 Å². The van der Waals surface area contributed by atoms with Crippen LogP contribution in [0.3, 0.4) is 0 Å². The second-order valence-corrected chi connectivity index (χ2v) is 5.64. The zero-order valence-electron chi connectivity index (χ0n) is 10.7. The van der Waals surface area contributed by atoms with Gasteiger partial charge >= 0.3 is 0 Å². The maximum Gasteiger partial charge on any atom is 0.139 e. The number of rotatable bonds is 0. The van der Waals surface area contributed by atoms with E-state index in [2.05, 4.69) is 37.9 Å². The molecule has 0 N–H and O–H groups in total. The molecular formula is C15H15FN2. The smallest absolute Gasteiger partial charge is 0.139 e. The molecule has 0 unspecified atom stereocenters. The highest BCUT2D eigenvalue weighted by molar-refractivity contribution is 5.81. The zero-order valence-corrected chi connectivity index (χ0v) is 10.7. The topological polar surface area (TPSA) is 17.3 Å². The number of halogens is 1. The Labute approximate surface area is 105 Å². The van der Waals surface area contributed by atoms with Crippen LogP contribution in [-0.4, -0.2) is 9.38 Å². The van der Waals surface area contributed by atoms with Crippen LogP contribution in [0.25, 0.3) is 16.7 Å². The molecule has 0 atom stereocenters. The predicted octanol–water partition coefficient (Wildman–Crippen LogP) is 3.92. The van der Waals surface area contributed by atoms with Crippen LogP contribution in [0.5, 0.6) is 0 Å². The summed E-state index contributed by atoms with van der Waals surface area (Å²) in [6.45, 7) is 6.49. The van der Waals surface area contributed by atoms with Gasteiger partial charge in [0.15, 0.2) is 0 Å². The Balaban J connectivity index is 2.38. The molecule has 0 aliphatic heterocycles. The Hall–Kier alpha value is -1.90. The molecule has 2 heterocycles. The lowest BCUT2D eigenvalue weighted by molar-refractivity contribution is 0.591. The minimum atomic E-state index is -0.247. The summed E-state index contributed by atoms with van der Waals surface area (Å²) in [7, 11) is 0. The van der Waals surface area contributed by atoms with Crippen molar-refractivity contribution >= 4 is 16.7 Å². The standard InChI is InChI=1S/C15H15FN2/c1-15(2,3)10-4-6-12-13(8-10)18-9-11(16)5-7-14(18)17-12/h4-9H,1-3H3. The molecule has 2 nitrogen and oxygen atoms in total. The van der Waals surface area contributed by atoms with Gasteiger partial charge < -0.3 is 0 Å². The lowest BCUT2D eigenvalue weighted by Gasteiger charge is -2.18. The maximum absolute atomic E-state index is 13.3. The van der Waals surface area contributed by atoms with Crippen LogP contribution in [0.2, 0.25) is 0 Å². The normalized spacial score (nSPS) is 12.4. The molecule has 0 bridgehead atoms. The van der Waals surface area contributed by atoms with Crippen molar-refractivity contribution in [3.05, 3.63) is 47.9 Å². The number of pyridine rings is 1. The van der Waals surface area contributed by atoms with Gasteiger partial charge in [0.25, 0.3) is 0 Å². The lowest BCUT2D eigenvalue weighted by Crippen LogP contribution is -2.10. The Bertz CT molecular complexity index is 735. The van der Waals surface area contributed by atoms with E-state index in [1.165, 1.54) is 17.8 Å². The van der Waals surface area contributed by atoms with Crippen LogP contribution < -0.4 is 0 Å². The highest BCUT2D eigenvalue weighted by atomic mass is 19.1. The molecule has 0 saturated carbocycles. The van der Waals surface area contributed by atoms with Gasteiger partial charge in [-0.2, -0.15) is 0 Å². The van der Waals surface area contributed by atoms with Crippen molar-refractivity contribution in [3.63, 3.8) is 0 Å². The van der Waals surface area contributed by atoms with Gasteiger partial charge in [0.1, 0.15) is 11.5 Å². The largest absolute Gasteiger partial charge is 0.297 e. The molecule has 3 rings (SSSR count). The molecule has 2 aromatic heterocycles. The van der Waals surface area contributed by atoms with Gasteiger partial charge in [-0.3, -0.25) is 4.40 Å². The minimum Gasteiger partial charge on any atom is -0.297 e. The summed E-state index contributed by atoms with van der Waals surface area (Å²) >= 11 is 0. The van der Waals surface area contributed by atoms with E-state index < -0.39 is 0 Å². The fourth-order valence-electron chi connectivity index (χ4n) is 2.15. The number of imidazole rings is 1. The van der Waals surface area contributed by atoms with Gasteiger partial charge in [0, 0.05) is 6.20 Å². The van der Waals surface area contributed by atoms with Gasteiger partial charge in [0.2, 0.25) is 0 Å². The molecule has 0 spiro atoms. The fraction of sp³-hybridized carbons (Fsp3) is 0.267. The van der Waals surface area contributed by atoms with E-state index in [-0.39, 0.29) is 11.2 Å². The summed E-state index contributed by atoms with van der Waals surface area (Å²) in [6.07, 6.45) is 1.48. The molecule has 0 amide bonds. The molecule has 18 heavy (non-hydrogen) atoms. The molecule has 0 saturated heterocycles. The molecule has 92 valence electrons. The molecule has 3 heteroatoms. The van der Waals surface area contributed by atoms with E-state index >= 15 is 0 Å². The summed E-state index contributed by atoms with van der Waals surface area (Å²) in [5.41, 5.74) is 3.93. The van der Waals surface area contributed by atoms with E-state index in [1.807, 2.05) is 6.07 Å². The van der Waals surface area contributed by atoms with Crippen molar-refractivity contribution in [2.24, 2.45) is 0 Å². The number of benzene rings is 1. The lowest BCUT2D eigenvalue weighted by atomic mass is 9.87. The third-order valence-corrected chi connectivity index (χ3v) is 3.23. The Kier molecular flexibility index (Phi) is 2.21. The average Bonchev–Trinajstić information content (AvgIpc) is 2.65. The first-order valence-corrected chi connectivity index (χ1v) is 6.03. The molecular weight excluding hydrogens is 227 g/mol. The van der Waals surface area contributed by atoms with Gasteiger partial charge in [-0.25, -0.2) is 9.37 Å². The third kappa shape index (κ3) is 1.67. The summed E-state index contributed by atoms with van der Waals surface area (Å²) in [6, 6.07) is 9.32. The summed E-state index contributed by atoms with van der Waals surface area (Å²) in [5, 5.41) is 0. The van der Waals surface area contributed by atoms with Gasteiger partial charge in [-0.1, -0.05) is 26.8 Å². The number of nitrogens with zero attached hydrogens (tertiary/aromatic N) is 2. The van der Waals surface area contributed by atoms with E-state index in [4.69, 9.17) is 0 Å². The Morgan fingerprint density at radius 2 is 1.89 bits per heavy atom. The molecule has 1 aromatic carbocycles. The van der Waals surface area contributed by atoms with Crippen molar-refractivity contribution in [1.29, 1.82) is 0 Å². The van der Waals surface area contributed by atoms with Crippen LogP contribution >= 0.6 is 0 Å². The van der Waals surface area contributed by atoms with Crippen molar-refractivity contribution < 1.29 is 4.39 Å². The second kappa shape index (κ2) is 3.55. The summed E-state index contributed by atoms with van der Waals surface area (Å²) in [4.78, 5) is 4.48. The number of hydrogen-bond acceptors (Lipinski definition) is 1. The predicted molar refractivity (Wildman–Crippen MR) is 71.4 cm³/mol. The van der Waals surface area contributed by atoms with Crippen molar-refractivity contribution in [3.8, 4) is 0 Å². The third-order valence-electron chi connectivity index (χ3n) is 3.23. The number of aromatic nitrogens is 2. The first-order chi connectivity index (χ1) is 8.45. The highest BCUT2D eigenvalue weighted by Gasteiger charge is 2.15. The highest BCUT2D eigenvalue weighted by Crippen LogP contribution is 2.26. The van der Waals surface area contributed by atoms with Crippen LogP contribution in [0, 0.1) is 5.82 Å². The van der Waals surface area contributed by atoms with E-state index in [9.17, 15) is 4.39 Å². The zero-order chi connectivity index (χ0) is 12.9. The van der Waals surface area contributed by atoms with Crippen molar-refractivity contribution in [2.75, 3.05) is 0 Å². The van der Waals surface area contributed by atoms with Crippen molar-refractivity contribution in [2.45, 2.75) is 26.2 Å². The van der Waals surface area contributed by atoms with Gasteiger partial charge in [0.05, 0.1) is 11.0 Å². The quantitative estimate of drug-likeness (QED) is 0.584. The Morgan fingerprint density at radius 3 is 2.61 bits per heavy atom. The Morgan fingerprint density at radius 1 is 1.11 bits per heavy atom. The van der Waals surface area contributed by atoms with Crippen LogP contribution in [0.4, 0.5) is 4.39 Å². The molecule has 0 radical (unpaired) electrons. The first kappa shape index (κ1) is 11.2. The van der Waals surface area contributed by atoms with Crippen LogP contribution in [0.15, 0.2) is 36.5 Å².